The van der Waals surface area contributed by atoms with Crippen molar-refractivity contribution in [2.75, 3.05) is 0 Å². The highest BCUT2D eigenvalue weighted by atomic mass is 31.3. The number of hydrogen-bond donors (Lipinski definition) is 0. The molecule has 0 aliphatic rings. The van der Waals surface area contributed by atoms with Crippen LogP contribution in [0.5, 0.6) is 0 Å². The Bertz CT molecular complexity index is 774. The van der Waals surface area contributed by atoms with Crippen molar-refractivity contribution in [3.63, 3.8) is 0 Å². The topological polar surface area (TPSA) is 80.3 Å². The number of phosphoric acid groups is 2. The lowest BCUT2D eigenvalue weighted by atomic mass is 10.8. The van der Waals surface area contributed by atoms with Crippen molar-refractivity contribution in [1.29, 1.82) is 0 Å². The van der Waals surface area contributed by atoms with Gasteiger partial charge in [0.05, 0.1) is 0 Å². The molecular weight excluding hydrogens is 527 g/mol. The molecule has 0 N–H and O–H groups in total. The van der Waals surface area contributed by atoms with Gasteiger partial charge in [-0.15, -0.1) is 26.3 Å². The lowest BCUT2D eigenvalue weighted by Crippen LogP contribution is -2.38. The zero-order valence-corrected chi connectivity index (χ0v) is 28.4. The Morgan fingerprint density at radius 2 is 0.636 bits per heavy atom. The fourth-order valence-corrected chi connectivity index (χ4v) is 16.8. The van der Waals surface area contributed by atoms with Gasteiger partial charge in [-0.3, -0.25) is 0 Å². The summed E-state index contributed by atoms with van der Waals surface area (Å²) in [5, 5.41) is 2.87. The number of allylic oxidation sites excluding steroid dienone is 4. The van der Waals surface area contributed by atoms with Crippen LogP contribution in [0.4, 0.5) is 0 Å². The second-order valence-corrected chi connectivity index (χ2v) is 31.4. The van der Waals surface area contributed by atoms with Crippen LogP contribution < -0.4 is 0 Å². The Morgan fingerprint density at radius 3 is 0.758 bits per heavy atom. The molecule has 0 spiro atoms. The van der Waals surface area contributed by atoms with E-state index < -0.39 is 48.9 Å². The molecule has 0 aromatic heterocycles. The van der Waals surface area contributed by atoms with Crippen LogP contribution in [-0.4, -0.2) is 33.3 Å². The van der Waals surface area contributed by atoms with Crippen LogP contribution in [0, 0.1) is 0 Å². The molecule has 13 heteroatoms. The van der Waals surface area contributed by atoms with Gasteiger partial charge in [-0.1, -0.05) is 20.8 Å². The zero-order chi connectivity index (χ0) is 26.8. The molecule has 0 unspecified atom stereocenters. The number of rotatable bonds is 14. The van der Waals surface area contributed by atoms with Gasteiger partial charge in [0.2, 0.25) is 33.3 Å². The summed E-state index contributed by atoms with van der Waals surface area (Å²) in [5.74, 6) is 0. The van der Waals surface area contributed by atoms with Crippen molar-refractivity contribution in [2.24, 2.45) is 0 Å². The highest BCUT2D eigenvalue weighted by Crippen LogP contribution is 2.70. The van der Waals surface area contributed by atoms with Gasteiger partial charge in [0.1, 0.15) is 0 Å². The Morgan fingerprint density at radius 1 is 0.485 bits per heavy atom. The first-order valence-electron chi connectivity index (χ1n) is 10.7. The Labute approximate surface area is 206 Å². The summed E-state index contributed by atoms with van der Waals surface area (Å²) in [6.07, 6.45) is 0. The average molecular weight is 571 g/mol. The molecule has 0 radical (unpaired) electrons. The van der Waals surface area contributed by atoms with Gasteiger partial charge in [-0.05, 0) is 80.1 Å². The molecule has 0 aliphatic heterocycles. The monoisotopic (exact) mass is 570 g/mol. The van der Waals surface area contributed by atoms with Crippen molar-refractivity contribution in [3.8, 4) is 0 Å². The molecule has 0 heterocycles. The predicted molar refractivity (Wildman–Crippen MR) is 150 cm³/mol. The SMILES string of the molecule is C=C(C)[Si](C)(C)OP(=O)(O[Si](C)(C)C(=C)C)OP(=O)(O[Si](C)(C)C(=C)C)O[Si](C)(C)C(=C)C. The molecule has 0 bridgehead atoms. The minimum atomic E-state index is -4.45. The third kappa shape index (κ3) is 9.93. The largest absolute Gasteiger partial charge is 0.464 e. The van der Waals surface area contributed by atoms with Crippen LogP contribution in [0.3, 0.4) is 0 Å². The molecule has 192 valence electrons. The molecule has 0 aromatic rings. The maximum Gasteiger partial charge on any atom is 0.464 e. The molecule has 33 heavy (non-hydrogen) atoms. The van der Waals surface area contributed by atoms with Crippen molar-refractivity contribution in [2.45, 2.75) is 80.1 Å². The summed E-state index contributed by atoms with van der Waals surface area (Å²) in [6.45, 7) is 37.5. The van der Waals surface area contributed by atoms with E-state index in [0.717, 1.165) is 20.8 Å². The minimum absolute atomic E-state index is 0.717. The molecule has 0 fully saturated rings. The van der Waals surface area contributed by atoms with Gasteiger partial charge in [0, 0.05) is 0 Å². The summed E-state index contributed by atoms with van der Waals surface area (Å²) < 4.78 is 58.1. The summed E-state index contributed by atoms with van der Waals surface area (Å²) in [4.78, 5) is 0. The van der Waals surface area contributed by atoms with Crippen LogP contribution in [0.1, 0.15) is 27.7 Å². The molecule has 0 rings (SSSR count). The normalized spacial score (nSPS) is 14.2. The van der Waals surface area contributed by atoms with Gasteiger partial charge in [0.15, 0.2) is 0 Å². The average Bonchev–Trinajstić information content (AvgIpc) is 2.50. The summed E-state index contributed by atoms with van der Waals surface area (Å²) in [5.41, 5.74) is 0. The Kier molecular flexibility index (Phi) is 11.0. The quantitative estimate of drug-likeness (QED) is 0.153. The van der Waals surface area contributed by atoms with E-state index in [0.29, 0.717) is 0 Å². The molecule has 0 aliphatic carbocycles. The van der Waals surface area contributed by atoms with Crippen LogP contribution in [-0.2, 0) is 30.3 Å². The first-order chi connectivity index (χ1) is 14.3. The van der Waals surface area contributed by atoms with Crippen LogP contribution in [0.2, 0.25) is 52.4 Å². The van der Waals surface area contributed by atoms with Crippen molar-refractivity contribution < 1.29 is 30.3 Å². The molecule has 0 saturated heterocycles. The van der Waals surface area contributed by atoms with E-state index in [2.05, 4.69) is 26.3 Å². The third-order valence-electron chi connectivity index (χ3n) is 5.67. The first-order valence-corrected chi connectivity index (χ1v) is 25.2. The molecule has 0 saturated carbocycles. The fraction of sp³-hybridized carbons (Fsp3) is 0.600. The smallest absolute Gasteiger partial charge is 0.325 e. The van der Waals surface area contributed by atoms with E-state index in [1.54, 1.807) is 27.7 Å². The van der Waals surface area contributed by atoms with Gasteiger partial charge < -0.3 is 16.9 Å². The second-order valence-electron chi connectivity index (χ2n) is 10.5. The van der Waals surface area contributed by atoms with Gasteiger partial charge in [-0.2, -0.15) is 4.31 Å². The predicted octanol–water partition coefficient (Wildman–Crippen LogP) is 8.57. The van der Waals surface area contributed by atoms with Gasteiger partial charge >= 0.3 is 15.6 Å². The highest BCUT2D eigenvalue weighted by Gasteiger charge is 2.52. The Balaban J connectivity index is 6.73. The summed E-state index contributed by atoms with van der Waals surface area (Å²) in [6, 6.07) is 0. The minimum Gasteiger partial charge on any atom is -0.325 e. The van der Waals surface area contributed by atoms with E-state index in [-0.39, 0.29) is 0 Å². The third-order valence-corrected chi connectivity index (χ3v) is 26.4. The first kappa shape index (κ1) is 33.1. The maximum atomic E-state index is 14.2. The van der Waals surface area contributed by atoms with E-state index in [9.17, 15) is 9.13 Å². The number of hydrogen-bond acceptors (Lipinski definition) is 7. The highest BCUT2D eigenvalue weighted by molar-refractivity contribution is 7.65. The van der Waals surface area contributed by atoms with E-state index >= 15 is 0 Å². The van der Waals surface area contributed by atoms with Crippen LogP contribution in [0.25, 0.3) is 0 Å². The van der Waals surface area contributed by atoms with Gasteiger partial charge in [0.25, 0.3) is 0 Å². The van der Waals surface area contributed by atoms with Crippen LogP contribution in [0.15, 0.2) is 47.1 Å². The fourth-order valence-electron chi connectivity index (χ4n) is 1.66. The summed E-state index contributed by atoms with van der Waals surface area (Å²) in [7, 11) is -20.0. The maximum absolute atomic E-state index is 14.2. The van der Waals surface area contributed by atoms with Gasteiger partial charge in [-0.25, -0.2) is 9.13 Å². The van der Waals surface area contributed by atoms with Crippen molar-refractivity contribution in [3.05, 3.63) is 47.1 Å². The molecule has 0 aromatic carbocycles. The lowest BCUT2D eigenvalue weighted by molar-refractivity contribution is 0.239. The van der Waals surface area contributed by atoms with Crippen LogP contribution >= 0.6 is 15.6 Å². The zero-order valence-electron chi connectivity index (χ0n) is 22.6. The Hall–Kier alpha value is 0.0875. The standard InChI is InChI=1S/C20H44O7P2Si4/c1-17(2)30(9,10)24-28(21,25-31(11,12)18(3)4)23-29(22,26-32(13,14)19(5)6)27-33(15,16)20(7)8/h1,3,5,7H2,2,4,6,8-16H3. The molecular formula is C20H44O7P2Si4. The molecule has 0 atom stereocenters. The van der Waals surface area contributed by atoms with Crippen molar-refractivity contribution in [1.82, 2.24) is 0 Å². The van der Waals surface area contributed by atoms with Crippen molar-refractivity contribution >= 4 is 48.9 Å². The second kappa shape index (κ2) is 11.0. The molecule has 7 nitrogen and oxygen atoms in total. The molecule has 0 amide bonds. The summed E-state index contributed by atoms with van der Waals surface area (Å²) >= 11 is 0. The lowest BCUT2D eigenvalue weighted by Gasteiger charge is -2.37. The van der Waals surface area contributed by atoms with E-state index in [1.165, 1.54) is 0 Å². The van der Waals surface area contributed by atoms with E-state index in [4.69, 9.17) is 21.2 Å². The van der Waals surface area contributed by atoms with E-state index in [1.807, 2.05) is 52.4 Å².